The van der Waals surface area contributed by atoms with E-state index in [2.05, 4.69) is 4.74 Å². The van der Waals surface area contributed by atoms with Gasteiger partial charge in [-0.3, -0.25) is 0 Å². The van der Waals surface area contributed by atoms with Crippen LogP contribution in [0.4, 0.5) is 0 Å². The Balaban J connectivity index is 1.53. The van der Waals surface area contributed by atoms with E-state index in [9.17, 15) is 9.59 Å². The molecule has 26 heavy (non-hydrogen) atoms. The fourth-order valence-electron chi connectivity index (χ4n) is 2.52. The van der Waals surface area contributed by atoms with Crippen molar-refractivity contribution in [1.82, 2.24) is 0 Å². The monoisotopic (exact) mass is 354 g/mol. The van der Waals surface area contributed by atoms with Crippen molar-refractivity contribution < 1.29 is 28.2 Å². The molecule has 0 N–H and O–H groups in total. The molecule has 0 aliphatic carbocycles. The molecule has 0 atom stereocenters. The minimum absolute atomic E-state index is 0.0856. The Hall–Kier alpha value is -3.28. The number of rotatable bonds is 6. The lowest BCUT2D eigenvalue weighted by atomic mass is 10.1. The van der Waals surface area contributed by atoms with Crippen LogP contribution in [0.2, 0.25) is 0 Å². The van der Waals surface area contributed by atoms with E-state index in [1.54, 1.807) is 13.0 Å². The molecule has 2 aromatic carbocycles. The van der Waals surface area contributed by atoms with Crippen molar-refractivity contribution in [2.45, 2.75) is 13.5 Å². The summed E-state index contributed by atoms with van der Waals surface area (Å²) in [5.74, 6) is 0.329. The van der Waals surface area contributed by atoms with Gasteiger partial charge in [0.15, 0.2) is 6.61 Å². The Kier molecular flexibility index (Phi) is 5.22. The van der Waals surface area contributed by atoms with Crippen molar-refractivity contribution in [3.8, 4) is 5.75 Å². The van der Waals surface area contributed by atoms with Crippen LogP contribution in [0.1, 0.15) is 21.9 Å². The van der Waals surface area contributed by atoms with Crippen molar-refractivity contribution in [2.75, 3.05) is 13.7 Å². The van der Waals surface area contributed by atoms with Gasteiger partial charge in [0.2, 0.25) is 0 Å². The first-order valence-electron chi connectivity index (χ1n) is 8.01. The summed E-state index contributed by atoms with van der Waals surface area (Å²) in [7, 11) is 1.29. The normalized spacial score (nSPS) is 10.5. The van der Waals surface area contributed by atoms with Gasteiger partial charge in [-0.2, -0.15) is 0 Å². The highest BCUT2D eigenvalue weighted by molar-refractivity contribution is 5.90. The van der Waals surface area contributed by atoms with Gasteiger partial charge in [-0.05, 0) is 35.9 Å². The second-order valence-corrected chi connectivity index (χ2v) is 5.63. The summed E-state index contributed by atoms with van der Waals surface area (Å²) in [6, 6.07) is 15.0. The molecule has 0 fully saturated rings. The zero-order valence-electron chi connectivity index (χ0n) is 14.5. The Morgan fingerprint density at radius 3 is 2.58 bits per heavy atom. The first-order chi connectivity index (χ1) is 12.6. The highest BCUT2D eigenvalue weighted by Gasteiger charge is 2.16. The molecule has 0 amide bonds. The molecule has 6 heteroatoms. The molecule has 1 aromatic heterocycles. The predicted molar refractivity (Wildman–Crippen MR) is 94.0 cm³/mol. The maximum absolute atomic E-state index is 11.9. The minimum Gasteiger partial charge on any atom is -0.482 e. The number of esters is 2. The van der Waals surface area contributed by atoms with Crippen molar-refractivity contribution in [3.05, 3.63) is 65.6 Å². The Morgan fingerprint density at radius 1 is 1.04 bits per heavy atom. The summed E-state index contributed by atoms with van der Waals surface area (Å²) in [6.07, 6.45) is 0. The highest BCUT2D eigenvalue weighted by atomic mass is 16.6. The van der Waals surface area contributed by atoms with Gasteiger partial charge in [0.05, 0.1) is 7.11 Å². The van der Waals surface area contributed by atoms with Gasteiger partial charge in [-0.15, -0.1) is 0 Å². The number of aryl methyl sites for hydroxylation is 1. The fraction of sp³-hybridized carbons (Fsp3) is 0.200. The van der Waals surface area contributed by atoms with Crippen LogP contribution < -0.4 is 4.74 Å². The predicted octanol–water partition coefficient (Wildman–Crippen LogP) is 3.65. The minimum atomic E-state index is -0.535. The third-order valence-electron chi connectivity index (χ3n) is 3.83. The van der Waals surface area contributed by atoms with E-state index in [0.717, 1.165) is 10.8 Å². The number of methoxy groups -OCH3 is 1. The number of hydrogen-bond donors (Lipinski definition) is 0. The molecule has 0 aliphatic heterocycles. The van der Waals surface area contributed by atoms with E-state index < -0.39 is 11.9 Å². The van der Waals surface area contributed by atoms with Gasteiger partial charge in [-0.1, -0.05) is 30.3 Å². The average molecular weight is 354 g/mol. The molecule has 0 unspecified atom stereocenters. The fourth-order valence-corrected chi connectivity index (χ4v) is 2.52. The van der Waals surface area contributed by atoms with Crippen molar-refractivity contribution in [2.24, 2.45) is 0 Å². The summed E-state index contributed by atoms with van der Waals surface area (Å²) >= 11 is 0. The standard InChI is InChI=1S/C20H18O6/c1-13-18(20(22)23-2)10-17(26-13)11-25-19(21)12-24-16-8-7-14-5-3-4-6-15(14)9-16/h3-10H,11-12H2,1-2H3. The summed E-state index contributed by atoms with van der Waals surface area (Å²) in [6.45, 7) is 1.33. The summed E-state index contributed by atoms with van der Waals surface area (Å²) in [5.41, 5.74) is 0.311. The number of carbonyl (C=O) groups excluding carboxylic acids is 2. The van der Waals surface area contributed by atoms with E-state index in [1.165, 1.54) is 13.2 Å². The number of fused-ring (bicyclic) bond motifs is 1. The maximum Gasteiger partial charge on any atom is 0.344 e. The van der Waals surface area contributed by atoms with Gasteiger partial charge in [-0.25, -0.2) is 9.59 Å². The summed E-state index contributed by atoms with van der Waals surface area (Å²) < 4.78 is 20.6. The van der Waals surface area contributed by atoms with Crippen LogP contribution in [0.5, 0.6) is 5.75 Å². The SMILES string of the molecule is COC(=O)c1cc(COC(=O)COc2ccc3ccccc3c2)oc1C. The molecule has 6 nitrogen and oxygen atoms in total. The van der Waals surface area contributed by atoms with Crippen LogP contribution in [0, 0.1) is 6.92 Å². The van der Waals surface area contributed by atoms with Crippen molar-refractivity contribution in [1.29, 1.82) is 0 Å². The Labute approximate surface area is 150 Å². The Morgan fingerprint density at radius 2 is 1.81 bits per heavy atom. The number of hydrogen-bond acceptors (Lipinski definition) is 6. The maximum atomic E-state index is 11.9. The van der Waals surface area contributed by atoms with Crippen LogP contribution in [-0.4, -0.2) is 25.7 Å². The number of carbonyl (C=O) groups is 2. The molecule has 0 radical (unpaired) electrons. The quantitative estimate of drug-likeness (QED) is 0.629. The molecule has 1 heterocycles. The summed E-state index contributed by atoms with van der Waals surface area (Å²) in [5, 5.41) is 2.12. The zero-order chi connectivity index (χ0) is 18.5. The molecular weight excluding hydrogens is 336 g/mol. The first-order valence-corrected chi connectivity index (χ1v) is 8.01. The zero-order valence-corrected chi connectivity index (χ0v) is 14.5. The van der Waals surface area contributed by atoms with Crippen LogP contribution >= 0.6 is 0 Å². The Bertz CT molecular complexity index is 940. The molecule has 0 saturated heterocycles. The number of benzene rings is 2. The molecule has 0 bridgehead atoms. The highest BCUT2D eigenvalue weighted by Crippen LogP contribution is 2.20. The van der Waals surface area contributed by atoms with E-state index >= 15 is 0 Å². The molecule has 0 spiro atoms. The van der Waals surface area contributed by atoms with Gasteiger partial charge in [0.1, 0.15) is 29.4 Å². The molecule has 134 valence electrons. The van der Waals surface area contributed by atoms with E-state index in [0.29, 0.717) is 22.8 Å². The molecular formula is C20H18O6. The number of furan rings is 1. The van der Waals surface area contributed by atoms with Crippen LogP contribution in [0.25, 0.3) is 10.8 Å². The van der Waals surface area contributed by atoms with Crippen LogP contribution in [0.15, 0.2) is 52.9 Å². The van der Waals surface area contributed by atoms with E-state index in [4.69, 9.17) is 13.9 Å². The van der Waals surface area contributed by atoms with Gasteiger partial charge in [0.25, 0.3) is 0 Å². The summed E-state index contributed by atoms with van der Waals surface area (Å²) in [4.78, 5) is 23.4. The average Bonchev–Trinajstić information content (AvgIpc) is 3.04. The lowest BCUT2D eigenvalue weighted by Gasteiger charge is -2.07. The molecule has 3 aromatic rings. The first kappa shape index (κ1) is 17.5. The number of ether oxygens (including phenoxy) is 3. The second kappa shape index (κ2) is 7.74. The van der Waals surface area contributed by atoms with Crippen molar-refractivity contribution in [3.63, 3.8) is 0 Å². The van der Waals surface area contributed by atoms with Crippen LogP contribution in [-0.2, 0) is 20.9 Å². The molecule has 3 rings (SSSR count). The van der Waals surface area contributed by atoms with Crippen LogP contribution in [0.3, 0.4) is 0 Å². The topological polar surface area (TPSA) is 75.0 Å². The van der Waals surface area contributed by atoms with E-state index in [1.807, 2.05) is 36.4 Å². The lowest BCUT2D eigenvalue weighted by Crippen LogP contribution is -2.14. The van der Waals surface area contributed by atoms with E-state index in [-0.39, 0.29) is 13.2 Å². The third-order valence-corrected chi connectivity index (χ3v) is 3.83. The second-order valence-electron chi connectivity index (χ2n) is 5.63. The molecule has 0 aliphatic rings. The third kappa shape index (κ3) is 4.03. The smallest absolute Gasteiger partial charge is 0.344 e. The van der Waals surface area contributed by atoms with Gasteiger partial charge < -0.3 is 18.6 Å². The molecule has 0 saturated carbocycles. The lowest BCUT2D eigenvalue weighted by molar-refractivity contribution is -0.147. The van der Waals surface area contributed by atoms with Gasteiger partial charge in [0, 0.05) is 0 Å². The van der Waals surface area contributed by atoms with Gasteiger partial charge >= 0.3 is 11.9 Å². The van der Waals surface area contributed by atoms with Crippen molar-refractivity contribution >= 4 is 22.7 Å². The largest absolute Gasteiger partial charge is 0.482 e.